The molecule has 0 saturated heterocycles. The molecule has 1 aromatic carbocycles. The van der Waals surface area contributed by atoms with Gasteiger partial charge in [0.05, 0.1) is 17.2 Å². The molecule has 0 aliphatic heterocycles. The molecule has 7 heteroatoms. The summed E-state index contributed by atoms with van der Waals surface area (Å²) in [5.74, 6) is 0.493. The van der Waals surface area contributed by atoms with Gasteiger partial charge in [0.25, 0.3) is 5.91 Å². The van der Waals surface area contributed by atoms with Crippen molar-refractivity contribution in [3.8, 4) is 0 Å². The maximum atomic E-state index is 13.0. The van der Waals surface area contributed by atoms with Gasteiger partial charge in [-0.05, 0) is 44.6 Å². The normalized spacial score (nSPS) is 27.5. The van der Waals surface area contributed by atoms with E-state index in [9.17, 15) is 15.0 Å². The first kappa shape index (κ1) is 20.0. The van der Waals surface area contributed by atoms with Crippen LogP contribution in [0.4, 0.5) is 5.95 Å². The Morgan fingerprint density at radius 1 is 1.10 bits per heavy atom. The average molecular weight is 399 g/mol. The van der Waals surface area contributed by atoms with E-state index in [0.717, 1.165) is 56.8 Å². The monoisotopic (exact) mass is 398 g/mol. The van der Waals surface area contributed by atoms with Crippen LogP contribution in [0.3, 0.4) is 0 Å². The van der Waals surface area contributed by atoms with Crippen LogP contribution < -0.4 is 10.6 Å². The van der Waals surface area contributed by atoms with Gasteiger partial charge in [0.2, 0.25) is 5.95 Å². The van der Waals surface area contributed by atoms with Crippen LogP contribution in [-0.2, 0) is 0 Å². The van der Waals surface area contributed by atoms with Crippen molar-refractivity contribution in [1.82, 2.24) is 15.3 Å². The molecule has 2 aliphatic carbocycles. The molecule has 4 rings (SSSR count). The number of rotatable bonds is 5. The van der Waals surface area contributed by atoms with Crippen LogP contribution in [0.1, 0.15) is 61.7 Å². The summed E-state index contributed by atoms with van der Waals surface area (Å²) in [7, 11) is 0. The number of aliphatic hydroxyl groups excluding tert-OH is 2. The highest BCUT2D eigenvalue weighted by atomic mass is 16.3. The summed E-state index contributed by atoms with van der Waals surface area (Å²) in [4.78, 5) is 22.1. The number of anilines is 1. The maximum absolute atomic E-state index is 13.0. The van der Waals surface area contributed by atoms with E-state index in [0.29, 0.717) is 17.0 Å². The predicted octanol–water partition coefficient (Wildman–Crippen LogP) is 2.63. The molecule has 2 fully saturated rings. The highest BCUT2D eigenvalue weighted by Gasteiger charge is 2.27. The maximum Gasteiger partial charge on any atom is 0.253 e. The number of benzene rings is 1. The second kappa shape index (κ2) is 9.05. The van der Waals surface area contributed by atoms with E-state index in [4.69, 9.17) is 0 Å². The lowest BCUT2D eigenvalue weighted by Gasteiger charge is -2.31. The molecular formula is C22H30N4O3. The Bertz CT molecular complexity index is 851. The van der Waals surface area contributed by atoms with E-state index >= 15 is 0 Å². The van der Waals surface area contributed by atoms with Crippen molar-refractivity contribution in [3.63, 3.8) is 0 Å². The van der Waals surface area contributed by atoms with Gasteiger partial charge in [-0.2, -0.15) is 0 Å². The Morgan fingerprint density at radius 3 is 2.69 bits per heavy atom. The van der Waals surface area contributed by atoms with Gasteiger partial charge in [-0.3, -0.25) is 4.79 Å². The van der Waals surface area contributed by atoms with Gasteiger partial charge in [0.1, 0.15) is 0 Å². The zero-order valence-electron chi connectivity index (χ0n) is 16.7. The first-order valence-corrected chi connectivity index (χ1v) is 10.8. The quantitative estimate of drug-likeness (QED) is 0.617. The van der Waals surface area contributed by atoms with Gasteiger partial charge in [-0.1, -0.05) is 25.0 Å². The fourth-order valence-electron chi connectivity index (χ4n) is 4.57. The number of hydrogen-bond donors (Lipinski definition) is 4. The summed E-state index contributed by atoms with van der Waals surface area (Å²) in [5, 5.41) is 26.6. The molecule has 0 radical (unpaired) electrons. The fourth-order valence-corrected chi connectivity index (χ4v) is 4.57. The second-order valence-electron chi connectivity index (χ2n) is 8.39. The van der Waals surface area contributed by atoms with Crippen molar-refractivity contribution in [3.05, 3.63) is 30.0 Å². The highest BCUT2D eigenvalue weighted by molar-refractivity contribution is 6.05. The number of fused-ring (bicyclic) bond motifs is 1. The lowest BCUT2D eigenvalue weighted by Crippen LogP contribution is -2.43. The Hall–Kier alpha value is -2.25. The molecule has 0 bridgehead atoms. The van der Waals surface area contributed by atoms with E-state index in [2.05, 4.69) is 20.6 Å². The van der Waals surface area contributed by atoms with Gasteiger partial charge in [-0.15, -0.1) is 0 Å². The molecule has 0 spiro atoms. The number of para-hydroxylation sites is 1. The molecule has 4 N–H and O–H groups in total. The Morgan fingerprint density at radius 2 is 1.90 bits per heavy atom. The lowest BCUT2D eigenvalue weighted by atomic mass is 9.85. The van der Waals surface area contributed by atoms with Gasteiger partial charge >= 0.3 is 0 Å². The topological polar surface area (TPSA) is 107 Å². The average Bonchev–Trinajstić information content (AvgIpc) is 2.75. The number of aromatic nitrogens is 2. The van der Waals surface area contributed by atoms with E-state index in [1.165, 1.54) is 0 Å². The number of aliphatic hydroxyl groups is 2. The molecule has 2 aliphatic rings. The van der Waals surface area contributed by atoms with Crippen LogP contribution in [0, 0.1) is 5.92 Å². The van der Waals surface area contributed by atoms with Crippen molar-refractivity contribution >= 4 is 22.8 Å². The van der Waals surface area contributed by atoms with Crippen molar-refractivity contribution in [2.24, 2.45) is 5.92 Å². The smallest absolute Gasteiger partial charge is 0.253 e. The molecule has 2 aromatic rings. The Labute approximate surface area is 170 Å². The molecule has 7 nitrogen and oxygen atoms in total. The third kappa shape index (κ3) is 4.67. The minimum absolute atomic E-state index is 0.00426. The van der Waals surface area contributed by atoms with E-state index in [1.54, 1.807) is 12.3 Å². The van der Waals surface area contributed by atoms with Crippen molar-refractivity contribution in [2.45, 2.75) is 69.6 Å². The van der Waals surface area contributed by atoms with E-state index in [1.807, 2.05) is 12.1 Å². The van der Waals surface area contributed by atoms with Gasteiger partial charge in [-0.25, -0.2) is 9.97 Å². The Balaban J connectivity index is 1.53. The van der Waals surface area contributed by atoms with Gasteiger partial charge < -0.3 is 20.8 Å². The first-order chi connectivity index (χ1) is 14.1. The minimum atomic E-state index is -0.205. The first-order valence-electron chi connectivity index (χ1n) is 10.8. The molecule has 1 amide bonds. The summed E-state index contributed by atoms with van der Waals surface area (Å²) in [5.41, 5.74) is 1.17. The van der Waals surface area contributed by atoms with Crippen molar-refractivity contribution in [2.75, 3.05) is 11.9 Å². The lowest BCUT2D eigenvalue weighted by molar-refractivity contribution is 0.0874. The molecule has 156 valence electrons. The largest absolute Gasteiger partial charge is 0.396 e. The van der Waals surface area contributed by atoms with Gasteiger partial charge in [0, 0.05) is 36.2 Å². The second-order valence-corrected chi connectivity index (χ2v) is 8.39. The van der Waals surface area contributed by atoms with E-state index in [-0.39, 0.29) is 36.6 Å². The van der Waals surface area contributed by atoms with Crippen molar-refractivity contribution in [1.29, 1.82) is 0 Å². The summed E-state index contributed by atoms with van der Waals surface area (Å²) >= 11 is 0. The van der Waals surface area contributed by atoms with Crippen molar-refractivity contribution < 1.29 is 15.0 Å². The zero-order valence-corrected chi connectivity index (χ0v) is 16.7. The Kier molecular flexibility index (Phi) is 6.25. The third-order valence-corrected chi connectivity index (χ3v) is 6.35. The summed E-state index contributed by atoms with van der Waals surface area (Å²) in [6.45, 7) is 0.104. The molecule has 2 saturated carbocycles. The molecule has 1 heterocycles. The summed E-state index contributed by atoms with van der Waals surface area (Å²) in [6, 6.07) is 5.79. The minimum Gasteiger partial charge on any atom is -0.396 e. The molecule has 1 aromatic heterocycles. The van der Waals surface area contributed by atoms with Gasteiger partial charge in [0.15, 0.2) is 0 Å². The summed E-state index contributed by atoms with van der Waals surface area (Å²) < 4.78 is 0. The SMILES string of the molecule is O=C(N[C@@H]1CCCC[C@@H]1CO)c1cccc2cnc(NC3CCC(O)CC3)nc12. The highest BCUT2D eigenvalue weighted by Crippen LogP contribution is 2.26. The number of nitrogens with one attached hydrogen (secondary N) is 2. The molecule has 2 atom stereocenters. The van der Waals surface area contributed by atoms with Crippen LogP contribution in [-0.4, -0.2) is 50.9 Å². The number of amides is 1. The van der Waals surface area contributed by atoms with Crippen LogP contribution in [0.15, 0.2) is 24.4 Å². The van der Waals surface area contributed by atoms with E-state index < -0.39 is 0 Å². The van der Waals surface area contributed by atoms with Crippen LogP contribution in [0.25, 0.3) is 10.9 Å². The third-order valence-electron chi connectivity index (χ3n) is 6.35. The number of nitrogens with zero attached hydrogens (tertiary/aromatic N) is 2. The summed E-state index contributed by atoms with van der Waals surface area (Å²) in [6.07, 6.45) is 8.90. The standard InChI is InChI=1S/C22H30N4O3/c27-13-15-4-1-2-7-19(15)25-21(29)18-6-3-5-14-12-23-22(26-20(14)18)24-16-8-10-17(28)11-9-16/h3,5-6,12,15-17,19,27-28H,1-2,4,7-11,13H2,(H,25,29)(H,23,24,26)/t15-,16?,17?,19-/m1/s1. The molecular weight excluding hydrogens is 368 g/mol. The fraction of sp³-hybridized carbons (Fsp3) is 0.591. The number of carbonyl (C=O) groups is 1. The predicted molar refractivity (Wildman–Crippen MR) is 112 cm³/mol. The van der Waals surface area contributed by atoms with Crippen LogP contribution in [0.5, 0.6) is 0 Å². The number of hydrogen-bond acceptors (Lipinski definition) is 6. The van der Waals surface area contributed by atoms with Crippen LogP contribution >= 0.6 is 0 Å². The molecule has 29 heavy (non-hydrogen) atoms. The zero-order chi connectivity index (χ0) is 20.2. The molecule has 0 unspecified atom stereocenters. The van der Waals surface area contributed by atoms with Crippen LogP contribution in [0.2, 0.25) is 0 Å². The number of carbonyl (C=O) groups excluding carboxylic acids is 1.